The minimum atomic E-state index is -0.0897. The number of rotatable bonds is 5. The molecule has 0 spiro atoms. The largest absolute Gasteiger partial charge is 0.493 e. The van der Waals surface area contributed by atoms with Gasteiger partial charge in [-0.15, -0.1) is 0 Å². The Bertz CT molecular complexity index is 627. The highest BCUT2D eigenvalue weighted by atomic mass is 79.9. The molecule has 0 atom stereocenters. The van der Waals surface area contributed by atoms with Crippen molar-refractivity contribution >= 4 is 39.1 Å². The van der Waals surface area contributed by atoms with E-state index in [1.165, 1.54) is 0 Å². The third-order valence-electron chi connectivity index (χ3n) is 2.94. The van der Waals surface area contributed by atoms with Gasteiger partial charge in [0.05, 0.1) is 13.7 Å². The molecule has 0 aliphatic carbocycles. The van der Waals surface area contributed by atoms with Gasteiger partial charge >= 0.3 is 0 Å². The summed E-state index contributed by atoms with van der Waals surface area (Å²) in [6.07, 6.45) is 0. The lowest BCUT2D eigenvalue weighted by atomic mass is 10.2. The Morgan fingerprint density at radius 3 is 2.38 bits per heavy atom. The fourth-order valence-electron chi connectivity index (χ4n) is 1.79. The average Bonchev–Trinajstić information content (AvgIpc) is 2.47. The molecule has 0 aliphatic rings. The van der Waals surface area contributed by atoms with Crippen molar-refractivity contribution in [2.24, 2.45) is 0 Å². The van der Waals surface area contributed by atoms with Gasteiger partial charge in [0.25, 0.3) is 0 Å². The van der Waals surface area contributed by atoms with Crippen molar-refractivity contribution in [1.29, 1.82) is 0 Å². The smallest absolute Gasteiger partial charge is 0.162 e. The first kappa shape index (κ1) is 16.4. The highest BCUT2D eigenvalue weighted by molar-refractivity contribution is 9.10. The molecule has 2 rings (SSSR count). The maximum Gasteiger partial charge on any atom is 0.162 e. The minimum Gasteiger partial charge on any atom is -0.493 e. The van der Waals surface area contributed by atoms with Crippen molar-refractivity contribution in [1.82, 2.24) is 0 Å². The van der Waals surface area contributed by atoms with Crippen LogP contribution in [0.2, 0.25) is 10.0 Å². The Hall–Kier alpha value is -0.940. The Balaban J connectivity index is 2.26. The topological polar surface area (TPSA) is 38.7 Å². The summed E-state index contributed by atoms with van der Waals surface area (Å²) in [6, 6.07) is 8.76. The van der Waals surface area contributed by atoms with Crippen molar-refractivity contribution in [3.05, 3.63) is 56.0 Å². The molecule has 112 valence electrons. The van der Waals surface area contributed by atoms with Crippen LogP contribution in [-0.2, 0) is 13.2 Å². The maximum atomic E-state index is 9.25. The Kier molecular flexibility index (Phi) is 5.76. The van der Waals surface area contributed by atoms with Gasteiger partial charge in [-0.25, -0.2) is 0 Å². The molecule has 0 saturated heterocycles. The zero-order valence-corrected chi connectivity index (χ0v) is 14.3. The van der Waals surface area contributed by atoms with Gasteiger partial charge in [0.1, 0.15) is 6.61 Å². The van der Waals surface area contributed by atoms with Gasteiger partial charge < -0.3 is 14.6 Å². The predicted molar refractivity (Wildman–Crippen MR) is 87.4 cm³/mol. The quantitative estimate of drug-likeness (QED) is 0.792. The van der Waals surface area contributed by atoms with E-state index >= 15 is 0 Å². The van der Waals surface area contributed by atoms with E-state index in [1.807, 2.05) is 0 Å². The molecule has 0 aromatic heterocycles. The summed E-state index contributed by atoms with van der Waals surface area (Å²) in [5.41, 5.74) is 1.43. The highest BCUT2D eigenvalue weighted by Crippen LogP contribution is 2.35. The maximum absolute atomic E-state index is 9.25. The van der Waals surface area contributed by atoms with Gasteiger partial charge in [0.15, 0.2) is 11.5 Å². The van der Waals surface area contributed by atoms with Crippen LogP contribution < -0.4 is 9.47 Å². The van der Waals surface area contributed by atoms with E-state index in [1.54, 1.807) is 37.4 Å². The summed E-state index contributed by atoms with van der Waals surface area (Å²) >= 11 is 15.6. The summed E-state index contributed by atoms with van der Waals surface area (Å²) < 4.78 is 11.8. The first-order valence-electron chi connectivity index (χ1n) is 6.09. The molecule has 0 amide bonds. The number of aliphatic hydroxyl groups excluding tert-OH is 1. The number of halogens is 3. The molecule has 3 nitrogen and oxygen atoms in total. The molecule has 1 N–H and O–H groups in total. The van der Waals surface area contributed by atoms with E-state index in [0.717, 1.165) is 10.0 Å². The number of methoxy groups -OCH3 is 1. The van der Waals surface area contributed by atoms with E-state index in [2.05, 4.69) is 15.9 Å². The second-order valence-corrected chi connectivity index (χ2v) is 5.91. The van der Waals surface area contributed by atoms with Gasteiger partial charge in [0, 0.05) is 20.1 Å². The van der Waals surface area contributed by atoms with E-state index in [4.69, 9.17) is 32.7 Å². The van der Waals surface area contributed by atoms with Gasteiger partial charge in [-0.2, -0.15) is 0 Å². The summed E-state index contributed by atoms with van der Waals surface area (Å²) in [5, 5.41) is 10.3. The first-order valence-corrected chi connectivity index (χ1v) is 7.64. The Labute approximate surface area is 141 Å². The molecular formula is C15H13BrCl2O3. The molecule has 0 saturated carbocycles. The molecule has 0 bridgehead atoms. The van der Waals surface area contributed by atoms with Crippen LogP contribution in [0.3, 0.4) is 0 Å². The lowest BCUT2D eigenvalue weighted by molar-refractivity contribution is 0.273. The van der Waals surface area contributed by atoms with Crippen molar-refractivity contribution in [3.63, 3.8) is 0 Å². The third-order valence-corrected chi connectivity index (χ3v) is 4.38. The van der Waals surface area contributed by atoms with Crippen molar-refractivity contribution in [2.45, 2.75) is 13.2 Å². The van der Waals surface area contributed by atoms with Crippen molar-refractivity contribution in [2.75, 3.05) is 7.11 Å². The number of benzene rings is 2. The van der Waals surface area contributed by atoms with Crippen LogP contribution in [0.25, 0.3) is 0 Å². The Morgan fingerprint density at radius 2 is 1.81 bits per heavy atom. The predicted octanol–water partition coefficient (Wildman–Crippen LogP) is 4.84. The summed E-state index contributed by atoms with van der Waals surface area (Å²) in [6.45, 7) is 0.132. The van der Waals surface area contributed by atoms with E-state index in [9.17, 15) is 5.11 Å². The highest BCUT2D eigenvalue weighted by Gasteiger charge is 2.12. The Morgan fingerprint density at radius 1 is 1.14 bits per heavy atom. The van der Waals surface area contributed by atoms with Crippen LogP contribution in [0.1, 0.15) is 11.1 Å². The average molecular weight is 392 g/mol. The standard InChI is InChI=1S/C15H13BrCl2O3/c1-20-14-5-9(7-19)11(16)6-15(14)21-8-10-12(17)3-2-4-13(10)18/h2-6,19H,7-8H2,1H3. The number of ether oxygens (including phenoxy) is 2. The van der Waals surface area contributed by atoms with Crippen LogP contribution in [-0.4, -0.2) is 12.2 Å². The SMILES string of the molecule is COc1cc(CO)c(Br)cc1OCc1c(Cl)cccc1Cl. The van der Waals surface area contributed by atoms with Crippen molar-refractivity contribution in [3.8, 4) is 11.5 Å². The monoisotopic (exact) mass is 390 g/mol. The number of aliphatic hydroxyl groups is 1. The lowest BCUT2D eigenvalue weighted by Gasteiger charge is -2.14. The second kappa shape index (κ2) is 7.36. The van der Waals surface area contributed by atoms with Crippen molar-refractivity contribution < 1.29 is 14.6 Å². The molecule has 21 heavy (non-hydrogen) atoms. The van der Waals surface area contributed by atoms with E-state index in [-0.39, 0.29) is 13.2 Å². The number of hydrogen-bond donors (Lipinski definition) is 1. The molecule has 0 aliphatic heterocycles. The second-order valence-electron chi connectivity index (χ2n) is 4.24. The fourth-order valence-corrected chi connectivity index (χ4v) is 2.75. The molecule has 0 unspecified atom stereocenters. The molecular weight excluding hydrogens is 379 g/mol. The van der Waals surface area contributed by atoms with Gasteiger partial charge in [-0.3, -0.25) is 0 Å². The first-order chi connectivity index (χ1) is 10.1. The summed E-state index contributed by atoms with van der Waals surface area (Å²) in [4.78, 5) is 0. The van der Waals surface area contributed by atoms with E-state index in [0.29, 0.717) is 27.1 Å². The third kappa shape index (κ3) is 3.83. The molecule has 6 heteroatoms. The summed E-state index contributed by atoms with van der Waals surface area (Å²) in [5.74, 6) is 1.07. The fraction of sp³-hybridized carbons (Fsp3) is 0.200. The zero-order chi connectivity index (χ0) is 15.4. The van der Waals surface area contributed by atoms with Crippen LogP contribution in [0, 0.1) is 0 Å². The van der Waals surface area contributed by atoms with Crippen LogP contribution in [0.15, 0.2) is 34.8 Å². The minimum absolute atomic E-state index is 0.0897. The zero-order valence-electron chi connectivity index (χ0n) is 11.2. The van der Waals surface area contributed by atoms with Gasteiger partial charge in [-0.05, 0) is 29.8 Å². The molecule has 0 heterocycles. The lowest BCUT2D eigenvalue weighted by Crippen LogP contribution is -2.00. The van der Waals surface area contributed by atoms with Crippen LogP contribution >= 0.6 is 39.1 Å². The molecule has 0 radical (unpaired) electrons. The van der Waals surface area contributed by atoms with Gasteiger partial charge in [0.2, 0.25) is 0 Å². The number of hydrogen-bond acceptors (Lipinski definition) is 3. The molecule has 2 aromatic rings. The molecule has 2 aromatic carbocycles. The normalized spacial score (nSPS) is 10.5. The van der Waals surface area contributed by atoms with E-state index < -0.39 is 0 Å². The van der Waals surface area contributed by atoms with Gasteiger partial charge in [-0.1, -0.05) is 45.2 Å². The summed E-state index contributed by atoms with van der Waals surface area (Å²) in [7, 11) is 1.54. The van der Waals surface area contributed by atoms with Crippen LogP contribution in [0.4, 0.5) is 0 Å². The molecule has 0 fully saturated rings. The van der Waals surface area contributed by atoms with Crippen LogP contribution in [0.5, 0.6) is 11.5 Å².